The second kappa shape index (κ2) is 8.83. The third kappa shape index (κ3) is 4.28. The molecule has 0 saturated carbocycles. The molecular formula is C26H26N2O4S. The summed E-state index contributed by atoms with van der Waals surface area (Å²) < 4.78 is 5.50. The van der Waals surface area contributed by atoms with E-state index in [-0.39, 0.29) is 23.3 Å². The molecule has 1 aliphatic heterocycles. The van der Waals surface area contributed by atoms with Crippen molar-refractivity contribution >= 4 is 28.8 Å². The fourth-order valence-corrected chi connectivity index (χ4v) is 4.76. The lowest BCUT2D eigenvalue weighted by atomic mass is 9.84. The van der Waals surface area contributed by atoms with Crippen molar-refractivity contribution in [3.8, 4) is 5.75 Å². The maximum absolute atomic E-state index is 13.2. The highest BCUT2D eigenvalue weighted by Gasteiger charge is 2.46. The van der Waals surface area contributed by atoms with Crippen molar-refractivity contribution in [2.75, 3.05) is 7.11 Å². The molecule has 1 saturated heterocycles. The summed E-state index contributed by atoms with van der Waals surface area (Å²) in [6.07, 6.45) is 1.62. The Labute approximate surface area is 197 Å². The molecule has 0 aliphatic carbocycles. The highest BCUT2D eigenvalue weighted by atomic mass is 32.1. The molecule has 0 bridgehead atoms. The number of carbonyl (C=O) groups is 2. The first kappa shape index (κ1) is 22.7. The van der Waals surface area contributed by atoms with Crippen molar-refractivity contribution in [2.24, 2.45) is 0 Å². The predicted molar refractivity (Wildman–Crippen MR) is 128 cm³/mol. The number of nitrogens with zero attached hydrogens (tertiary/aromatic N) is 2. The van der Waals surface area contributed by atoms with Gasteiger partial charge in [0.05, 0.1) is 24.9 Å². The summed E-state index contributed by atoms with van der Waals surface area (Å²) in [6.45, 7) is 6.39. The van der Waals surface area contributed by atoms with Gasteiger partial charge in [0.2, 0.25) is 0 Å². The van der Waals surface area contributed by atoms with Crippen LogP contribution in [0.5, 0.6) is 5.75 Å². The third-order valence-corrected chi connectivity index (χ3v) is 6.56. The molecule has 1 atom stereocenters. The molecule has 170 valence electrons. The van der Waals surface area contributed by atoms with Crippen molar-refractivity contribution < 1.29 is 19.4 Å². The summed E-state index contributed by atoms with van der Waals surface area (Å²) in [5.74, 6) is -0.887. The summed E-state index contributed by atoms with van der Waals surface area (Å²) in [7, 11) is 1.60. The lowest BCUT2D eigenvalue weighted by molar-refractivity contribution is -0.140. The first-order valence-corrected chi connectivity index (χ1v) is 11.5. The monoisotopic (exact) mass is 462 g/mol. The predicted octanol–water partition coefficient (Wildman–Crippen LogP) is 5.07. The first-order valence-electron chi connectivity index (χ1n) is 10.6. The van der Waals surface area contributed by atoms with E-state index in [9.17, 15) is 14.7 Å². The standard InChI is InChI=1S/C26H26N2O4S/c1-26(2,3)18-14-16(10-11-20(18)32-4)23(29)21-22(19-9-5-6-12-27-19)28(25(31)24(21)30)15-17-8-7-13-33-17/h5-14,22,29H,15H2,1-4H3/b23-21-. The number of hydrogen-bond donors (Lipinski definition) is 1. The minimum absolute atomic E-state index is 0.0419. The number of aliphatic hydroxyl groups is 1. The number of Topliss-reactive ketones (excluding diaryl/α,β-unsaturated/α-hetero) is 1. The molecule has 2 aromatic heterocycles. The van der Waals surface area contributed by atoms with Crippen LogP contribution in [-0.2, 0) is 21.5 Å². The van der Waals surface area contributed by atoms with E-state index in [1.54, 1.807) is 43.6 Å². The number of aliphatic hydroxyl groups excluding tert-OH is 1. The fraction of sp³-hybridized carbons (Fsp3) is 0.269. The summed E-state index contributed by atoms with van der Waals surface area (Å²) in [5.41, 5.74) is 1.65. The molecule has 1 fully saturated rings. The van der Waals surface area contributed by atoms with Gasteiger partial charge in [-0.3, -0.25) is 14.6 Å². The topological polar surface area (TPSA) is 79.7 Å². The van der Waals surface area contributed by atoms with Crippen molar-refractivity contribution in [2.45, 2.75) is 38.8 Å². The number of benzene rings is 1. The summed E-state index contributed by atoms with van der Waals surface area (Å²) >= 11 is 1.51. The average molecular weight is 463 g/mol. The Hall–Kier alpha value is -3.45. The molecule has 0 radical (unpaired) electrons. The zero-order valence-corrected chi connectivity index (χ0v) is 19.8. The molecule has 4 rings (SSSR count). The Morgan fingerprint density at radius 3 is 2.55 bits per heavy atom. The van der Waals surface area contributed by atoms with Crippen LogP contribution in [0.1, 0.15) is 48.5 Å². The molecular weight excluding hydrogens is 436 g/mol. The number of likely N-dealkylation sites (tertiary alicyclic amines) is 1. The number of hydrogen-bond acceptors (Lipinski definition) is 6. The zero-order chi connectivity index (χ0) is 23.8. The third-order valence-electron chi connectivity index (χ3n) is 5.70. The van der Waals surface area contributed by atoms with Gasteiger partial charge in [0, 0.05) is 22.2 Å². The van der Waals surface area contributed by atoms with Gasteiger partial charge in [-0.2, -0.15) is 0 Å². The number of rotatable bonds is 5. The van der Waals surface area contributed by atoms with Crippen molar-refractivity contribution in [1.29, 1.82) is 0 Å². The normalized spacial score (nSPS) is 18.1. The van der Waals surface area contributed by atoms with Crippen LogP contribution in [0, 0.1) is 0 Å². The van der Waals surface area contributed by atoms with Crippen molar-refractivity contribution in [3.05, 3.63) is 87.4 Å². The van der Waals surface area contributed by atoms with Crippen LogP contribution < -0.4 is 4.74 Å². The maximum Gasteiger partial charge on any atom is 0.296 e. The number of aromatic nitrogens is 1. The van der Waals surface area contributed by atoms with Crippen LogP contribution in [0.25, 0.3) is 5.76 Å². The lowest BCUT2D eigenvalue weighted by Crippen LogP contribution is -2.29. The van der Waals surface area contributed by atoms with Gasteiger partial charge in [-0.05, 0) is 47.2 Å². The smallest absolute Gasteiger partial charge is 0.296 e. The van der Waals surface area contributed by atoms with Crippen molar-refractivity contribution in [3.63, 3.8) is 0 Å². The fourth-order valence-electron chi connectivity index (χ4n) is 4.06. The van der Waals surface area contributed by atoms with Gasteiger partial charge in [-0.25, -0.2) is 0 Å². The van der Waals surface area contributed by atoms with Gasteiger partial charge in [0.15, 0.2) is 0 Å². The van der Waals surface area contributed by atoms with Crippen LogP contribution >= 0.6 is 11.3 Å². The largest absolute Gasteiger partial charge is 0.507 e. The van der Waals surface area contributed by atoms with Gasteiger partial charge < -0.3 is 14.7 Å². The van der Waals surface area contributed by atoms with E-state index in [2.05, 4.69) is 4.98 Å². The molecule has 1 aliphatic rings. The van der Waals surface area contributed by atoms with E-state index in [1.807, 2.05) is 44.4 Å². The molecule has 1 N–H and O–H groups in total. The number of ketones is 1. The Balaban J connectivity index is 1.88. The van der Waals surface area contributed by atoms with E-state index in [4.69, 9.17) is 4.74 Å². The Morgan fingerprint density at radius 1 is 1.15 bits per heavy atom. The number of methoxy groups -OCH3 is 1. The highest BCUT2D eigenvalue weighted by Crippen LogP contribution is 2.41. The van der Waals surface area contributed by atoms with E-state index >= 15 is 0 Å². The zero-order valence-electron chi connectivity index (χ0n) is 19.0. The SMILES string of the molecule is COc1ccc(/C(O)=C2/C(=O)C(=O)N(Cc3cccs3)C2c2ccccn2)cc1C(C)(C)C. The van der Waals surface area contributed by atoms with Crippen LogP contribution in [0.4, 0.5) is 0 Å². The molecule has 1 unspecified atom stereocenters. The van der Waals surface area contributed by atoms with Gasteiger partial charge >= 0.3 is 0 Å². The number of carbonyl (C=O) groups excluding carboxylic acids is 2. The maximum atomic E-state index is 13.2. The second-order valence-corrected chi connectivity index (χ2v) is 9.96. The molecule has 3 heterocycles. The van der Waals surface area contributed by atoms with Crippen LogP contribution in [0.3, 0.4) is 0 Å². The van der Waals surface area contributed by atoms with Crippen LogP contribution in [-0.4, -0.2) is 33.8 Å². The number of ether oxygens (including phenoxy) is 1. The minimum Gasteiger partial charge on any atom is -0.507 e. The van der Waals surface area contributed by atoms with Crippen molar-refractivity contribution in [1.82, 2.24) is 9.88 Å². The van der Waals surface area contributed by atoms with E-state index < -0.39 is 17.7 Å². The summed E-state index contributed by atoms with van der Waals surface area (Å²) in [5, 5.41) is 13.3. The molecule has 3 aromatic rings. The molecule has 1 aromatic carbocycles. The van der Waals surface area contributed by atoms with Crippen LogP contribution in [0.2, 0.25) is 0 Å². The number of thiophene rings is 1. The van der Waals surface area contributed by atoms with Gasteiger partial charge in [0.25, 0.3) is 11.7 Å². The van der Waals surface area contributed by atoms with E-state index in [0.717, 1.165) is 10.4 Å². The Bertz CT molecular complexity index is 1210. The highest BCUT2D eigenvalue weighted by molar-refractivity contribution is 7.09. The van der Waals surface area contributed by atoms with Crippen LogP contribution in [0.15, 0.2) is 65.7 Å². The minimum atomic E-state index is -0.784. The second-order valence-electron chi connectivity index (χ2n) is 8.93. The average Bonchev–Trinajstić information content (AvgIpc) is 3.40. The molecule has 1 amide bonds. The Kier molecular flexibility index (Phi) is 6.08. The summed E-state index contributed by atoms with van der Waals surface area (Å²) in [4.78, 5) is 33.1. The van der Waals surface area contributed by atoms with Gasteiger partial charge in [0.1, 0.15) is 17.6 Å². The molecule has 7 heteroatoms. The van der Waals surface area contributed by atoms with E-state index in [1.165, 1.54) is 16.2 Å². The molecule has 6 nitrogen and oxygen atoms in total. The molecule has 0 spiro atoms. The molecule has 33 heavy (non-hydrogen) atoms. The Morgan fingerprint density at radius 2 is 1.94 bits per heavy atom. The lowest BCUT2D eigenvalue weighted by Gasteiger charge is -2.25. The van der Waals surface area contributed by atoms with Gasteiger partial charge in [-0.1, -0.05) is 32.9 Å². The quantitative estimate of drug-likeness (QED) is 0.325. The first-order chi connectivity index (χ1) is 15.7. The summed E-state index contributed by atoms with van der Waals surface area (Å²) in [6, 6.07) is 13.7. The van der Waals surface area contributed by atoms with E-state index in [0.29, 0.717) is 17.0 Å². The number of pyridine rings is 1. The van der Waals surface area contributed by atoms with Gasteiger partial charge in [-0.15, -0.1) is 11.3 Å². The number of amides is 1.